The van der Waals surface area contributed by atoms with Crippen molar-refractivity contribution in [3.8, 4) is 17.2 Å². The number of thioether (sulfide) groups is 1. The molecule has 8 nitrogen and oxygen atoms in total. The van der Waals surface area contributed by atoms with Gasteiger partial charge in [0.2, 0.25) is 5.91 Å². The Morgan fingerprint density at radius 3 is 2.50 bits per heavy atom. The Balaban J connectivity index is 1.49. The number of rotatable bonds is 11. The summed E-state index contributed by atoms with van der Waals surface area (Å²) in [7, 11) is 0. The zero-order valence-electron chi connectivity index (χ0n) is 18.4. The number of nitrogens with zero attached hydrogens (tertiary/aromatic N) is 3. The first-order valence-electron chi connectivity index (χ1n) is 10.6. The Kier molecular flexibility index (Phi) is 8.26. The van der Waals surface area contributed by atoms with E-state index in [1.165, 1.54) is 11.8 Å². The number of aromatic nitrogens is 3. The molecular weight excluding hydrogens is 520 g/mol. The minimum absolute atomic E-state index is 0.129. The highest BCUT2D eigenvalue weighted by atomic mass is 79.9. The summed E-state index contributed by atoms with van der Waals surface area (Å²) in [5, 5.41) is 12.1. The van der Waals surface area contributed by atoms with Crippen molar-refractivity contribution < 1.29 is 18.7 Å². The minimum Gasteiger partial charge on any atom is -0.494 e. The van der Waals surface area contributed by atoms with E-state index < -0.39 is 0 Å². The molecule has 0 fully saturated rings. The molecule has 34 heavy (non-hydrogen) atoms. The predicted molar refractivity (Wildman–Crippen MR) is 132 cm³/mol. The fourth-order valence-electron chi connectivity index (χ4n) is 3.06. The molecular formula is C24H23BrN4O4S. The van der Waals surface area contributed by atoms with Crippen LogP contribution in [0.4, 0.5) is 0 Å². The molecule has 1 amide bonds. The van der Waals surface area contributed by atoms with E-state index in [1.807, 2.05) is 66.1 Å². The van der Waals surface area contributed by atoms with E-state index in [-0.39, 0.29) is 18.3 Å². The van der Waals surface area contributed by atoms with Crippen LogP contribution in [0.3, 0.4) is 0 Å². The Bertz CT molecular complexity index is 1190. The maximum atomic E-state index is 12.3. The largest absolute Gasteiger partial charge is 0.494 e. The molecule has 0 aliphatic heterocycles. The van der Waals surface area contributed by atoms with Crippen LogP contribution in [0.15, 0.2) is 81.0 Å². The molecule has 0 saturated carbocycles. The number of halogens is 1. The average molecular weight is 543 g/mol. The van der Waals surface area contributed by atoms with Gasteiger partial charge in [0.15, 0.2) is 11.0 Å². The van der Waals surface area contributed by atoms with Gasteiger partial charge in [-0.3, -0.25) is 9.36 Å². The van der Waals surface area contributed by atoms with E-state index >= 15 is 0 Å². The SMILES string of the molecule is CCOc1ccc(-n2c(COc3ccc(Br)cc3)nnc2SCC(=O)NCc2ccco2)cc1. The van der Waals surface area contributed by atoms with E-state index in [9.17, 15) is 4.79 Å². The molecule has 0 aliphatic rings. The summed E-state index contributed by atoms with van der Waals surface area (Å²) in [6, 6.07) is 18.8. The van der Waals surface area contributed by atoms with E-state index in [2.05, 4.69) is 31.4 Å². The molecule has 2 heterocycles. The molecule has 0 spiro atoms. The number of carbonyl (C=O) groups is 1. The van der Waals surface area contributed by atoms with Crippen LogP contribution in [-0.2, 0) is 17.9 Å². The topological polar surface area (TPSA) is 91.4 Å². The summed E-state index contributed by atoms with van der Waals surface area (Å²) in [5.74, 6) is 2.86. The Morgan fingerprint density at radius 2 is 1.79 bits per heavy atom. The van der Waals surface area contributed by atoms with Crippen LogP contribution >= 0.6 is 27.7 Å². The first-order chi connectivity index (χ1) is 16.6. The highest BCUT2D eigenvalue weighted by Crippen LogP contribution is 2.25. The predicted octanol–water partition coefficient (Wildman–Crippen LogP) is 5.01. The standard InChI is InChI=1S/C24H23BrN4O4S/c1-2-31-19-11-7-18(8-12-19)29-22(15-33-20-9-5-17(25)6-10-20)27-28-24(29)34-16-23(30)26-14-21-4-3-13-32-21/h3-13H,2,14-16H2,1H3,(H,26,30). The summed E-state index contributed by atoms with van der Waals surface area (Å²) in [5.41, 5.74) is 0.848. The summed E-state index contributed by atoms with van der Waals surface area (Å²) in [6.45, 7) is 3.08. The summed E-state index contributed by atoms with van der Waals surface area (Å²) in [4.78, 5) is 12.3. The van der Waals surface area contributed by atoms with Crippen LogP contribution < -0.4 is 14.8 Å². The second-order valence-electron chi connectivity index (χ2n) is 7.05. The highest BCUT2D eigenvalue weighted by molar-refractivity contribution is 9.10. The van der Waals surface area contributed by atoms with Gasteiger partial charge in [-0.05, 0) is 67.6 Å². The monoisotopic (exact) mass is 542 g/mol. The lowest BCUT2D eigenvalue weighted by atomic mass is 10.3. The van der Waals surface area contributed by atoms with E-state index in [0.29, 0.717) is 29.9 Å². The zero-order valence-corrected chi connectivity index (χ0v) is 20.8. The Morgan fingerprint density at radius 1 is 1.06 bits per heavy atom. The normalized spacial score (nSPS) is 10.8. The second kappa shape index (κ2) is 11.8. The van der Waals surface area contributed by atoms with E-state index in [1.54, 1.807) is 12.3 Å². The third-order valence-corrected chi connectivity index (χ3v) is 6.12. The molecule has 4 rings (SSSR count). The van der Waals surface area contributed by atoms with Gasteiger partial charge in [-0.2, -0.15) is 0 Å². The number of amides is 1. The van der Waals surface area contributed by atoms with Crippen molar-refractivity contribution in [3.63, 3.8) is 0 Å². The quantitative estimate of drug-likeness (QED) is 0.266. The molecule has 2 aromatic heterocycles. The van der Waals surface area contributed by atoms with Crippen LogP contribution in [-0.4, -0.2) is 33.0 Å². The van der Waals surface area contributed by atoms with Crippen LogP contribution in [0.25, 0.3) is 5.69 Å². The van der Waals surface area contributed by atoms with Crippen molar-refractivity contribution in [2.45, 2.75) is 25.2 Å². The third-order valence-electron chi connectivity index (χ3n) is 4.66. The van der Waals surface area contributed by atoms with Crippen molar-refractivity contribution in [1.29, 1.82) is 0 Å². The fourth-order valence-corrected chi connectivity index (χ4v) is 4.13. The molecule has 0 unspecified atom stereocenters. The van der Waals surface area contributed by atoms with Gasteiger partial charge in [-0.25, -0.2) is 0 Å². The summed E-state index contributed by atoms with van der Waals surface area (Å²) < 4.78 is 19.6. The number of furan rings is 1. The van der Waals surface area contributed by atoms with Gasteiger partial charge in [0.1, 0.15) is 23.9 Å². The van der Waals surface area contributed by atoms with Gasteiger partial charge in [-0.1, -0.05) is 27.7 Å². The molecule has 1 N–H and O–H groups in total. The first kappa shape index (κ1) is 23.9. The number of hydrogen-bond donors (Lipinski definition) is 1. The molecule has 2 aromatic carbocycles. The number of nitrogens with one attached hydrogen (secondary N) is 1. The summed E-state index contributed by atoms with van der Waals surface area (Å²) >= 11 is 4.72. The number of hydrogen-bond acceptors (Lipinski definition) is 7. The van der Waals surface area contributed by atoms with E-state index in [0.717, 1.165) is 21.7 Å². The van der Waals surface area contributed by atoms with Crippen LogP contribution in [0, 0.1) is 0 Å². The van der Waals surface area contributed by atoms with Gasteiger partial charge in [0.05, 0.1) is 25.2 Å². The smallest absolute Gasteiger partial charge is 0.230 e. The number of carbonyl (C=O) groups excluding carboxylic acids is 1. The molecule has 0 bridgehead atoms. The number of benzene rings is 2. The van der Waals surface area contributed by atoms with Gasteiger partial charge in [0.25, 0.3) is 0 Å². The minimum atomic E-state index is -0.129. The molecule has 0 atom stereocenters. The Hall–Kier alpha value is -3.24. The first-order valence-corrected chi connectivity index (χ1v) is 12.4. The second-order valence-corrected chi connectivity index (χ2v) is 8.91. The van der Waals surface area contributed by atoms with Crippen LogP contribution in [0.5, 0.6) is 11.5 Å². The average Bonchev–Trinajstić information content (AvgIpc) is 3.52. The van der Waals surface area contributed by atoms with Gasteiger partial charge in [-0.15, -0.1) is 10.2 Å². The van der Waals surface area contributed by atoms with Gasteiger partial charge >= 0.3 is 0 Å². The van der Waals surface area contributed by atoms with Crippen molar-refractivity contribution in [2.24, 2.45) is 0 Å². The van der Waals surface area contributed by atoms with E-state index in [4.69, 9.17) is 13.9 Å². The van der Waals surface area contributed by atoms with Crippen molar-refractivity contribution in [2.75, 3.05) is 12.4 Å². The van der Waals surface area contributed by atoms with Crippen molar-refractivity contribution in [3.05, 3.63) is 83.0 Å². The summed E-state index contributed by atoms with van der Waals surface area (Å²) in [6.07, 6.45) is 1.58. The lowest BCUT2D eigenvalue weighted by Gasteiger charge is -2.12. The fraction of sp³-hybridized carbons (Fsp3) is 0.208. The molecule has 0 saturated heterocycles. The Labute approximate surface area is 209 Å². The molecule has 176 valence electrons. The van der Waals surface area contributed by atoms with Crippen molar-refractivity contribution in [1.82, 2.24) is 20.1 Å². The zero-order chi connectivity index (χ0) is 23.8. The van der Waals surface area contributed by atoms with Crippen LogP contribution in [0.2, 0.25) is 0 Å². The maximum Gasteiger partial charge on any atom is 0.230 e. The van der Waals surface area contributed by atoms with Crippen LogP contribution in [0.1, 0.15) is 18.5 Å². The molecule has 4 aromatic rings. The molecule has 10 heteroatoms. The molecule has 0 aliphatic carbocycles. The van der Waals surface area contributed by atoms with Gasteiger partial charge < -0.3 is 19.2 Å². The highest BCUT2D eigenvalue weighted by Gasteiger charge is 2.17. The lowest BCUT2D eigenvalue weighted by molar-refractivity contribution is -0.118. The maximum absolute atomic E-state index is 12.3. The van der Waals surface area contributed by atoms with Crippen molar-refractivity contribution >= 4 is 33.6 Å². The molecule has 0 radical (unpaired) electrons. The third kappa shape index (κ3) is 6.42. The van der Waals surface area contributed by atoms with Gasteiger partial charge in [0, 0.05) is 10.2 Å². The lowest BCUT2D eigenvalue weighted by Crippen LogP contribution is -2.24. The number of ether oxygens (including phenoxy) is 2.